The van der Waals surface area contributed by atoms with E-state index in [-0.39, 0.29) is 5.91 Å². The number of rotatable bonds is 3. The average molecular weight is 285 g/mol. The van der Waals surface area contributed by atoms with Crippen molar-refractivity contribution in [1.29, 1.82) is 0 Å². The van der Waals surface area contributed by atoms with Crippen LogP contribution in [0.1, 0.15) is 44.2 Å². The van der Waals surface area contributed by atoms with Crippen molar-refractivity contribution in [3.8, 4) is 0 Å². The van der Waals surface area contributed by atoms with Gasteiger partial charge in [-0.2, -0.15) is 0 Å². The lowest BCUT2D eigenvalue weighted by Gasteiger charge is -2.17. The van der Waals surface area contributed by atoms with Crippen LogP contribution in [0.4, 0.5) is 0 Å². The first-order chi connectivity index (χ1) is 9.93. The molecular formula is C18H23NO2. The lowest BCUT2D eigenvalue weighted by Crippen LogP contribution is -2.34. The van der Waals surface area contributed by atoms with Crippen LogP contribution in [0.3, 0.4) is 0 Å². The third-order valence-corrected chi connectivity index (χ3v) is 4.50. The number of carbonyl (C=O) groups is 1. The molecule has 0 radical (unpaired) electrons. The summed E-state index contributed by atoms with van der Waals surface area (Å²) >= 11 is 0. The van der Waals surface area contributed by atoms with Crippen LogP contribution in [0.15, 0.2) is 28.9 Å². The maximum absolute atomic E-state index is 12.2. The van der Waals surface area contributed by atoms with Gasteiger partial charge in [-0.3, -0.25) is 4.79 Å². The summed E-state index contributed by atoms with van der Waals surface area (Å²) in [5.41, 5.74) is 3.36. The van der Waals surface area contributed by atoms with Gasteiger partial charge in [-0.05, 0) is 43.2 Å². The fourth-order valence-corrected chi connectivity index (χ4v) is 3.34. The van der Waals surface area contributed by atoms with Crippen molar-refractivity contribution in [2.75, 3.05) is 0 Å². The van der Waals surface area contributed by atoms with E-state index in [1.165, 1.54) is 12.0 Å². The van der Waals surface area contributed by atoms with Gasteiger partial charge >= 0.3 is 0 Å². The molecule has 1 unspecified atom stereocenters. The van der Waals surface area contributed by atoms with E-state index < -0.39 is 0 Å². The summed E-state index contributed by atoms with van der Waals surface area (Å²) in [6, 6.07) is 6.43. The average Bonchev–Trinajstić information content (AvgIpc) is 2.93. The summed E-state index contributed by atoms with van der Waals surface area (Å²) in [4.78, 5) is 12.2. The number of nitrogens with one attached hydrogen (secondary N) is 1. The normalized spacial score (nSPS) is 20.8. The molecule has 1 amide bonds. The van der Waals surface area contributed by atoms with Crippen LogP contribution in [0.25, 0.3) is 11.0 Å². The van der Waals surface area contributed by atoms with E-state index in [4.69, 9.17) is 4.42 Å². The zero-order chi connectivity index (χ0) is 15.0. The minimum absolute atomic E-state index is 0.0981. The lowest BCUT2D eigenvalue weighted by atomic mass is 9.92. The maximum atomic E-state index is 12.2. The van der Waals surface area contributed by atoms with Crippen molar-refractivity contribution >= 4 is 16.9 Å². The molecule has 1 aromatic carbocycles. The Labute approximate surface area is 125 Å². The van der Waals surface area contributed by atoms with Crippen LogP contribution < -0.4 is 5.32 Å². The second kappa shape index (κ2) is 5.21. The van der Waals surface area contributed by atoms with Gasteiger partial charge in [-0.25, -0.2) is 0 Å². The van der Waals surface area contributed by atoms with Gasteiger partial charge in [0.25, 0.3) is 0 Å². The van der Waals surface area contributed by atoms with Crippen LogP contribution in [-0.2, 0) is 11.2 Å². The van der Waals surface area contributed by atoms with E-state index in [0.717, 1.165) is 29.4 Å². The molecule has 0 spiro atoms. The Balaban J connectivity index is 1.67. The molecule has 0 bridgehead atoms. The van der Waals surface area contributed by atoms with Gasteiger partial charge in [0, 0.05) is 17.0 Å². The third-order valence-electron chi connectivity index (χ3n) is 4.50. The number of fused-ring (bicyclic) bond motifs is 1. The molecule has 0 aliphatic heterocycles. The second-order valence-corrected chi connectivity index (χ2v) is 7.11. The van der Waals surface area contributed by atoms with Gasteiger partial charge < -0.3 is 9.73 Å². The van der Waals surface area contributed by atoms with Crippen LogP contribution in [0, 0.1) is 12.3 Å². The van der Waals surface area contributed by atoms with Crippen molar-refractivity contribution < 1.29 is 9.21 Å². The number of amides is 1. The van der Waals surface area contributed by atoms with Gasteiger partial charge in [0.2, 0.25) is 5.91 Å². The highest BCUT2D eigenvalue weighted by molar-refractivity contribution is 5.88. The highest BCUT2D eigenvalue weighted by Crippen LogP contribution is 2.36. The molecule has 3 nitrogen and oxygen atoms in total. The minimum atomic E-state index is 0.0981. The zero-order valence-corrected chi connectivity index (χ0v) is 13.0. The van der Waals surface area contributed by atoms with Crippen molar-refractivity contribution in [3.05, 3.63) is 35.6 Å². The van der Waals surface area contributed by atoms with Crippen LogP contribution >= 0.6 is 0 Å². The quantitative estimate of drug-likeness (QED) is 0.927. The summed E-state index contributed by atoms with van der Waals surface area (Å²) in [5, 5.41) is 4.21. The molecule has 3 rings (SSSR count). The Morgan fingerprint density at radius 3 is 2.95 bits per heavy atom. The van der Waals surface area contributed by atoms with Crippen molar-refractivity contribution in [1.82, 2.24) is 5.32 Å². The van der Waals surface area contributed by atoms with E-state index in [2.05, 4.69) is 25.2 Å². The molecule has 3 heteroatoms. The molecule has 2 aromatic rings. The standard InChI is InChI=1S/C18H23NO2/c1-12-4-5-15-13(11-21-16(15)8-12)9-17(20)19-14-6-7-18(2,3)10-14/h4-5,8,11,14H,6-7,9-10H2,1-3H3,(H,19,20). The Hall–Kier alpha value is -1.77. The molecule has 1 atom stereocenters. The SMILES string of the molecule is Cc1ccc2c(CC(=O)NC3CCC(C)(C)C3)coc2c1. The van der Waals surface area contributed by atoms with E-state index in [1.54, 1.807) is 6.26 Å². The number of hydrogen-bond donors (Lipinski definition) is 1. The van der Waals surface area contributed by atoms with Crippen LogP contribution in [-0.4, -0.2) is 11.9 Å². The number of benzene rings is 1. The van der Waals surface area contributed by atoms with Crippen LogP contribution in [0.2, 0.25) is 0 Å². The highest BCUT2D eigenvalue weighted by atomic mass is 16.3. The molecule has 1 aromatic heterocycles. The summed E-state index contributed by atoms with van der Waals surface area (Å²) in [6.07, 6.45) is 5.45. The molecular weight excluding hydrogens is 262 g/mol. The fraction of sp³-hybridized carbons (Fsp3) is 0.500. The van der Waals surface area contributed by atoms with Crippen molar-refractivity contribution in [2.45, 2.75) is 52.5 Å². The number of carbonyl (C=O) groups excluding carboxylic acids is 1. The Morgan fingerprint density at radius 2 is 2.24 bits per heavy atom. The Bertz CT molecular complexity index is 669. The first-order valence-electron chi connectivity index (χ1n) is 7.69. The van der Waals surface area contributed by atoms with Crippen LogP contribution in [0.5, 0.6) is 0 Å². The monoisotopic (exact) mass is 285 g/mol. The topological polar surface area (TPSA) is 42.2 Å². The minimum Gasteiger partial charge on any atom is -0.464 e. The van der Waals surface area contributed by atoms with Gasteiger partial charge in [0.05, 0.1) is 12.7 Å². The molecule has 21 heavy (non-hydrogen) atoms. The second-order valence-electron chi connectivity index (χ2n) is 7.11. The van der Waals surface area contributed by atoms with Crippen molar-refractivity contribution in [2.24, 2.45) is 5.41 Å². The predicted molar refractivity (Wildman–Crippen MR) is 84.2 cm³/mol. The van der Waals surface area contributed by atoms with Crippen molar-refractivity contribution in [3.63, 3.8) is 0 Å². The summed E-state index contributed by atoms with van der Waals surface area (Å²) in [5.74, 6) is 0.0981. The van der Waals surface area contributed by atoms with Gasteiger partial charge in [0.15, 0.2) is 0 Å². The first kappa shape index (κ1) is 14.2. The van der Waals surface area contributed by atoms with E-state index in [0.29, 0.717) is 17.9 Å². The number of furan rings is 1. The number of aryl methyl sites for hydroxylation is 1. The Kier molecular flexibility index (Phi) is 3.52. The summed E-state index contributed by atoms with van der Waals surface area (Å²) in [7, 11) is 0. The van der Waals surface area contributed by atoms with Gasteiger partial charge in [0.1, 0.15) is 5.58 Å². The third kappa shape index (κ3) is 3.12. The molecule has 1 fully saturated rings. The smallest absolute Gasteiger partial charge is 0.224 e. The largest absolute Gasteiger partial charge is 0.464 e. The predicted octanol–water partition coefficient (Wildman–Crippen LogP) is 3.98. The van der Waals surface area contributed by atoms with Gasteiger partial charge in [-0.15, -0.1) is 0 Å². The number of hydrogen-bond acceptors (Lipinski definition) is 2. The first-order valence-corrected chi connectivity index (χ1v) is 7.69. The molecule has 1 aliphatic carbocycles. The summed E-state index contributed by atoms with van der Waals surface area (Å²) in [6.45, 7) is 6.58. The maximum Gasteiger partial charge on any atom is 0.224 e. The lowest BCUT2D eigenvalue weighted by molar-refractivity contribution is -0.121. The Morgan fingerprint density at radius 1 is 1.43 bits per heavy atom. The highest BCUT2D eigenvalue weighted by Gasteiger charge is 2.31. The molecule has 1 saturated carbocycles. The molecule has 0 saturated heterocycles. The fourth-order valence-electron chi connectivity index (χ4n) is 3.34. The molecule has 1 N–H and O–H groups in total. The van der Waals surface area contributed by atoms with Gasteiger partial charge in [-0.1, -0.05) is 26.0 Å². The summed E-state index contributed by atoms with van der Waals surface area (Å²) < 4.78 is 5.55. The molecule has 1 aliphatic rings. The molecule has 112 valence electrons. The van der Waals surface area contributed by atoms with E-state index >= 15 is 0 Å². The zero-order valence-electron chi connectivity index (χ0n) is 13.0. The van der Waals surface area contributed by atoms with E-state index in [1.807, 2.05) is 19.1 Å². The molecule has 1 heterocycles. The van der Waals surface area contributed by atoms with E-state index in [9.17, 15) is 4.79 Å².